The molecule has 1 atom stereocenters. The van der Waals surface area contributed by atoms with E-state index in [0.717, 1.165) is 11.5 Å². The highest BCUT2D eigenvalue weighted by atomic mass is 19.1. The predicted octanol–water partition coefficient (Wildman–Crippen LogP) is 1.95. The smallest absolute Gasteiger partial charge is 0.147 e. The van der Waals surface area contributed by atoms with Crippen molar-refractivity contribution in [2.45, 2.75) is 26.4 Å². The molecule has 1 rings (SSSR count). The first-order valence-electron chi connectivity index (χ1n) is 4.35. The number of halogens is 1. The van der Waals surface area contributed by atoms with Crippen LogP contribution in [-0.2, 0) is 0 Å². The van der Waals surface area contributed by atoms with Gasteiger partial charge in [-0.15, -0.1) is 0 Å². The minimum absolute atomic E-state index is 0.496. The summed E-state index contributed by atoms with van der Waals surface area (Å²) in [6.45, 7) is 4.01. The summed E-state index contributed by atoms with van der Waals surface area (Å²) in [5, 5.41) is 3.03. The summed E-state index contributed by atoms with van der Waals surface area (Å²) in [6.07, 6.45) is 2.98. The van der Waals surface area contributed by atoms with Crippen LogP contribution in [-0.4, -0.2) is 22.7 Å². The van der Waals surface area contributed by atoms with Gasteiger partial charge in [-0.2, -0.15) is 0 Å². The van der Waals surface area contributed by atoms with Gasteiger partial charge in [-0.05, 0) is 20.3 Å². The molecule has 0 radical (unpaired) electrons. The molecule has 0 saturated heterocycles. The van der Waals surface area contributed by atoms with Crippen molar-refractivity contribution >= 4 is 5.82 Å². The number of rotatable bonds is 4. The van der Waals surface area contributed by atoms with Gasteiger partial charge >= 0.3 is 0 Å². The highest BCUT2D eigenvalue weighted by Gasteiger charge is 2.00. The minimum Gasteiger partial charge on any atom is -0.368 e. The molecule has 0 aromatic carbocycles. The Morgan fingerprint density at radius 3 is 2.77 bits per heavy atom. The van der Waals surface area contributed by atoms with E-state index in [1.165, 1.54) is 0 Å². The fraction of sp³-hybridized carbons (Fsp3) is 0.556. The summed E-state index contributed by atoms with van der Waals surface area (Å²) in [7, 11) is 0. The van der Waals surface area contributed by atoms with Crippen molar-refractivity contribution in [1.82, 2.24) is 9.97 Å². The van der Waals surface area contributed by atoms with Gasteiger partial charge in [0.1, 0.15) is 5.82 Å². The Balaban J connectivity index is 2.41. The van der Waals surface area contributed by atoms with E-state index in [-0.39, 0.29) is 0 Å². The molecule has 1 N–H and O–H groups in total. The summed E-state index contributed by atoms with van der Waals surface area (Å²) < 4.78 is 12.4. The minimum atomic E-state index is -0.774. The zero-order valence-electron chi connectivity index (χ0n) is 7.92. The Kier molecular flexibility index (Phi) is 3.61. The van der Waals surface area contributed by atoms with Crippen LogP contribution in [0.3, 0.4) is 0 Å². The molecule has 1 unspecified atom stereocenters. The molecule has 4 heteroatoms. The maximum Gasteiger partial charge on any atom is 0.147 e. The van der Waals surface area contributed by atoms with Crippen LogP contribution in [0.1, 0.15) is 19.0 Å². The number of hydrogen-bond acceptors (Lipinski definition) is 3. The third-order valence-electron chi connectivity index (χ3n) is 1.72. The average molecular weight is 183 g/mol. The normalized spacial score (nSPS) is 12.5. The van der Waals surface area contributed by atoms with E-state index in [0.29, 0.717) is 13.0 Å². The number of nitrogens with one attached hydrogen (secondary N) is 1. The second kappa shape index (κ2) is 4.74. The van der Waals surface area contributed by atoms with E-state index >= 15 is 0 Å². The van der Waals surface area contributed by atoms with Crippen LogP contribution in [0.4, 0.5) is 10.2 Å². The van der Waals surface area contributed by atoms with Gasteiger partial charge in [0.15, 0.2) is 0 Å². The molecule has 0 amide bonds. The number of hydrogen-bond donors (Lipinski definition) is 1. The predicted molar refractivity (Wildman–Crippen MR) is 50.4 cm³/mol. The van der Waals surface area contributed by atoms with Crippen LogP contribution in [0.15, 0.2) is 12.4 Å². The zero-order chi connectivity index (χ0) is 9.68. The number of aromatic nitrogens is 2. The molecule has 0 spiro atoms. The molecule has 0 aliphatic carbocycles. The fourth-order valence-electron chi connectivity index (χ4n) is 0.971. The van der Waals surface area contributed by atoms with Gasteiger partial charge in [-0.3, -0.25) is 4.98 Å². The highest BCUT2D eigenvalue weighted by molar-refractivity contribution is 5.37. The molecular formula is C9H14FN3. The zero-order valence-corrected chi connectivity index (χ0v) is 7.92. The molecule has 0 aliphatic heterocycles. The van der Waals surface area contributed by atoms with Gasteiger partial charge in [-0.1, -0.05) is 0 Å². The van der Waals surface area contributed by atoms with E-state index < -0.39 is 6.17 Å². The van der Waals surface area contributed by atoms with E-state index in [1.807, 2.05) is 6.92 Å². The lowest BCUT2D eigenvalue weighted by molar-refractivity contribution is 0.348. The van der Waals surface area contributed by atoms with Crippen molar-refractivity contribution in [1.29, 1.82) is 0 Å². The molecule has 0 bridgehead atoms. The van der Waals surface area contributed by atoms with Crippen LogP contribution in [0.25, 0.3) is 0 Å². The van der Waals surface area contributed by atoms with Crippen molar-refractivity contribution in [3.63, 3.8) is 0 Å². The second-order valence-electron chi connectivity index (χ2n) is 2.99. The first-order chi connectivity index (χ1) is 6.20. The molecule has 0 fully saturated rings. The molecule has 0 saturated carbocycles. The van der Waals surface area contributed by atoms with Crippen LogP contribution < -0.4 is 5.32 Å². The largest absolute Gasteiger partial charge is 0.368 e. The maximum absolute atomic E-state index is 12.4. The quantitative estimate of drug-likeness (QED) is 0.775. The lowest BCUT2D eigenvalue weighted by Crippen LogP contribution is -2.09. The van der Waals surface area contributed by atoms with Crippen molar-refractivity contribution in [2.24, 2.45) is 0 Å². The first-order valence-corrected chi connectivity index (χ1v) is 4.35. The first kappa shape index (κ1) is 9.89. The molecule has 72 valence electrons. The van der Waals surface area contributed by atoms with Gasteiger partial charge in [0, 0.05) is 18.9 Å². The molecule has 1 aromatic heterocycles. The molecule has 3 nitrogen and oxygen atoms in total. The molecule has 13 heavy (non-hydrogen) atoms. The van der Waals surface area contributed by atoms with Crippen LogP contribution in [0.5, 0.6) is 0 Å². The van der Waals surface area contributed by atoms with Crippen molar-refractivity contribution < 1.29 is 4.39 Å². The number of nitrogens with zero attached hydrogens (tertiary/aromatic N) is 2. The van der Waals surface area contributed by atoms with E-state index in [4.69, 9.17) is 0 Å². The third-order valence-corrected chi connectivity index (χ3v) is 1.72. The van der Waals surface area contributed by atoms with Gasteiger partial charge < -0.3 is 5.32 Å². The maximum atomic E-state index is 12.4. The van der Waals surface area contributed by atoms with E-state index in [9.17, 15) is 4.39 Å². The lowest BCUT2D eigenvalue weighted by atomic mass is 10.3. The topological polar surface area (TPSA) is 37.8 Å². The molecular weight excluding hydrogens is 169 g/mol. The van der Waals surface area contributed by atoms with Crippen molar-refractivity contribution in [3.05, 3.63) is 18.1 Å². The van der Waals surface area contributed by atoms with Gasteiger partial charge in [-0.25, -0.2) is 9.37 Å². The summed E-state index contributed by atoms with van der Waals surface area (Å²) in [5.41, 5.74) is 0.842. The fourth-order valence-corrected chi connectivity index (χ4v) is 0.971. The highest BCUT2D eigenvalue weighted by Crippen LogP contribution is 2.06. The summed E-state index contributed by atoms with van der Waals surface area (Å²) in [5.74, 6) is 0.739. The third kappa shape index (κ3) is 3.36. The standard InChI is InChI=1S/C9H14FN3/c1-7(10)3-4-12-9-8(2)11-5-6-13-9/h5-7H,3-4H2,1-2H3,(H,12,13). The van der Waals surface area contributed by atoms with E-state index in [2.05, 4.69) is 15.3 Å². The van der Waals surface area contributed by atoms with Gasteiger partial charge in [0.2, 0.25) is 0 Å². The summed E-state index contributed by atoms with van der Waals surface area (Å²) in [4.78, 5) is 8.14. The Labute approximate surface area is 77.4 Å². The van der Waals surface area contributed by atoms with Crippen molar-refractivity contribution in [2.75, 3.05) is 11.9 Å². The van der Waals surface area contributed by atoms with Gasteiger partial charge in [0.25, 0.3) is 0 Å². The van der Waals surface area contributed by atoms with Crippen molar-refractivity contribution in [3.8, 4) is 0 Å². The average Bonchev–Trinajstić information content (AvgIpc) is 2.08. The number of aryl methyl sites for hydroxylation is 1. The summed E-state index contributed by atoms with van der Waals surface area (Å²) in [6, 6.07) is 0. The van der Waals surface area contributed by atoms with Crippen LogP contribution >= 0.6 is 0 Å². The molecule has 1 aromatic rings. The Morgan fingerprint density at radius 1 is 1.46 bits per heavy atom. The second-order valence-corrected chi connectivity index (χ2v) is 2.99. The Hall–Kier alpha value is -1.19. The Morgan fingerprint density at radius 2 is 2.15 bits per heavy atom. The molecule has 0 aliphatic rings. The van der Waals surface area contributed by atoms with Crippen LogP contribution in [0, 0.1) is 6.92 Å². The number of anilines is 1. The molecule has 1 heterocycles. The van der Waals surface area contributed by atoms with Crippen LogP contribution in [0.2, 0.25) is 0 Å². The number of alkyl halides is 1. The Bertz CT molecular complexity index is 263. The lowest BCUT2D eigenvalue weighted by Gasteiger charge is -2.07. The van der Waals surface area contributed by atoms with E-state index in [1.54, 1.807) is 19.3 Å². The van der Waals surface area contributed by atoms with Gasteiger partial charge in [0.05, 0.1) is 11.9 Å². The SMILES string of the molecule is Cc1nccnc1NCCC(C)F. The summed E-state index contributed by atoms with van der Waals surface area (Å²) >= 11 is 0. The monoisotopic (exact) mass is 183 g/mol.